The Balaban J connectivity index is -0.000000284. The topological polar surface area (TPSA) is 26.3 Å². The zero-order valence-electron chi connectivity index (χ0n) is 16.3. The molecule has 0 bridgehead atoms. The molecule has 0 atom stereocenters. The Morgan fingerprint density at radius 2 is 1.46 bits per heavy atom. The van der Waals surface area contributed by atoms with E-state index in [2.05, 4.69) is 37.6 Å². The number of benzene rings is 1. The molecule has 0 unspecified atom stereocenters. The third-order valence-corrected chi connectivity index (χ3v) is 2.51. The highest BCUT2D eigenvalue weighted by Gasteiger charge is 2.01. The number of rotatable bonds is 7. The molecule has 0 aliphatic heterocycles. The second kappa shape index (κ2) is 24.6. The number of hydrogen-bond acceptors (Lipinski definition) is 2. The van der Waals surface area contributed by atoms with Crippen LogP contribution in [0.3, 0.4) is 0 Å². The Bertz CT molecular complexity index is 494. The van der Waals surface area contributed by atoms with Crippen LogP contribution in [-0.2, 0) is 9.53 Å². The lowest BCUT2D eigenvalue weighted by atomic mass is 10.2. The van der Waals surface area contributed by atoms with Crippen molar-refractivity contribution in [3.8, 4) is 0 Å². The minimum atomic E-state index is -1.07. The van der Waals surface area contributed by atoms with Crippen molar-refractivity contribution >= 4 is 12.0 Å². The van der Waals surface area contributed by atoms with Gasteiger partial charge in [-0.25, -0.2) is 4.79 Å². The van der Waals surface area contributed by atoms with Gasteiger partial charge in [0.15, 0.2) is 0 Å². The Kier molecular flexibility index (Phi) is 26.6. The molecule has 0 heterocycles. The van der Waals surface area contributed by atoms with Crippen molar-refractivity contribution in [2.24, 2.45) is 0 Å². The lowest BCUT2D eigenvalue weighted by molar-refractivity contribution is -0.137. The van der Waals surface area contributed by atoms with Crippen LogP contribution in [0.1, 0.15) is 38.2 Å². The Labute approximate surface area is 159 Å². The number of carbonyl (C=O) groups excluding carboxylic acids is 1. The van der Waals surface area contributed by atoms with Crippen LogP contribution in [0.2, 0.25) is 0 Å². The van der Waals surface area contributed by atoms with Crippen molar-refractivity contribution in [3.05, 3.63) is 92.8 Å². The molecule has 1 rings (SSSR count). The lowest BCUT2D eigenvalue weighted by Crippen LogP contribution is -1.97. The fraction of sp³-hybridized carbons (Fsp3) is 0.261. The molecule has 144 valence electrons. The number of carbonyl (C=O) groups is 1. The second-order valence-electron chi connectivity index (χ2n) is 4.78. The van der Waals surface area contributed by atoms with Crippen molar-refractivity contribution in [2.75, 3.05) is 7.11 Å². The first kappa shape index (κ1) is 28.1. The van der Waals surface area contributed by atoms with Gasteiger partial charge in [0.1, 0.15) is 0 Å². The highest BCUT2D eigenvalue weighted by Crippen LogP contribution is 1.99. The third-order valence-electron chi connectivity index (χ3n) is 2.51. The summed E-state index contributed by atoms with van der Waals surface area (Å²) in [6.45, 7) is 18.8. The van der Waals surface area contributed by atoms with Gasteiger partial charge < -0.3 is 4.74 Å². The fourth-order valence-electron chi connectivity index (χ4n) is 1.28. The van der Waals surface area contributed by atoms with Crippen LogP contribution >= 0.6 is 0 Å². The smallest absolute Gasteiger partial charge is 0.366 e. The highest BCUT2D eigenvalue weighted by molar-refractivity contribution is 5.84. The number of esters is 1. The van der Waals surface area contributed by atoms with Crippen molar-refractivity contribution in [1.29, 1.82) is 0 Å². The van der Waals surface area contributed by atoms with Gasteiger partial charge in [0, 0.05) is 0 Å². The number of halogens is 1. The SMILES string of the molecule is C=C(F)C(=O)OC.C=CC.C=CCCCCC=C.C=Cc1ccccc1. The highest BCUT2D eigenvalue weighted by atomic mass is 19.1. The van der Waals surface area contributed by atoms with E-state index in [1.165, 1.54) is 18.4 Å². The molecule has 2 nitrogen and oxygen atoms in total. The van der Waals surface area contributed by atoms with Gasteiger partial charge >= 0.3 is 5.97 Å². The van der Waals surface area contributed by atoms with Crippen LogP contribution in [-0.4, -0.2) is 13.1 Å². The van der Waals surface area contributed by atoms with E-state index >= 15 is 0 Å². The summed E-state index contributed by atoms with van der Waals surface area (Å²) in [4.78, 5) is 9.81. The monoisotopic (exact) mass is 360 g/mol. The summed E-state index contributed by atoms with van der Waals surface area (Å²) in [5, 5.41) is 0. The first-order valence-corrected chi connectivity index (χ1v) is 8.34. The number of methoxy groups -OCH3 is 1. The minimum absolute atomic E-state index is 1.01. The molecule has 3 heteroatoms. The minimum Gasteiger partial charge on any atom is -0.464 e. The van der Waals surface area contributed by atoms with Crippen LogP contribution in [0.4, 0.5) is 4.39 Å². The summed E-state index contributed by atoms with van der Waals surface area (Å²) in [5.74, 6) is -2.08. The van der Waals surface area contributed by atoms with Gasteiger partial charge in [0.05, 0.1) is 7.11 Å². The molecule has 0 spiro atoms. The second-order valence-corrected chi connectivity index (χ2v) is 4.78. The number of unbranched alkanes of at least 4 members (excludes halogenated alkanes) is 3. The summed E-state index contributed by atoms with van der Waals surface area (Å²) < 4.78 is 15.3. The maximum Gasteiger partial charge on any atom is 0.366 e. The van der Waals surface area contributed by atoms with Gasteiger partial charge in [-0.05, 0) is 38.2 Å². The normalized spacial score (nSPS) is 7.81. The quantitative estimate of drug-likeness (QED) is 0.225. The van der Waals surface area contributed by atoms with Crippen molar-refractivity contribution in [3.63, 3.8) is 0 Å². The first-order chi connectivity index (χ1) is 12.4. The van der Waals surface area contributed by atoms with E-state index in [0.29, 0.717) is 0 Å². The molecule has 0 aliphatic rings. The Morgan fingerprint density at radius 3 is 1.65 bits per heavy atom. The predicted octanol–water partition coefficient (Wildman–Crippen LogP) is 7.08. The molecule has 0 saturated heterocycles. The van der Waals surface area contributed by atoms with E-state index in [1.54, 1.807) is 6.08 Å². The van der Waals surface area contributed by atoms with Crippen LogP contribution in [0.15, 0.2) is 87.3 Å². The maximum absolute atomic E-state index is 11.4. The number of allylic oxidation sites excluding steroid dienone is 3. The maximum atomic E-state index is 11.4. The molecule has 0 aromatic heterocycles. The molecule has 0 N–H and O–H groups in total. The average Bonchev–Trinajstić information content (AvgIpc) is 2.67. The number of hydrogen-bond donors (Lipinski definition) is 0. The lowest BCUT2D eigenvalue weighted by Gasteiger charge is -1.89. The van der Waals surface area contributed by atoms with Crippen molar-refractivity contribution < 1.29 is 13.9 Å². The Hall–Kier alpha value is -2.68. The van der Waals surface area contributed by atoms with E-state index in [0.717, 1.165) is 20.0 Å². The molecule has 1 aromatic carbocycles. The first-order valence-electron chi connectivity index (χ1n) is 8.34. The van der Waals surface area contributed by atoms with Crippen molar-refractivity contribution in [2.45, 2.75) is 32.6 Å². The number of ether oxygens (including phenoxy) is 1. The van der Waals surface area contributed by atoms with Gasteiger partial charge in [-0.2, -0.15) is 4.39 Å². The van der Waals surface area contributed by atoms with Crippen LogP contribution < -0.4 is 0 Å². The van der Waals surface area contributed by atoms with Crippen LogP contribution in [0, 0.1) is 0 Å². The van der Waals surface area contributed by atoms with E-state index < -0.39 is 11.8 Å². The van der Waals surface area contributed by atoms with Crippen molar-refractivity contribution in [1.82, 2.24) is 0 Å². The zero-order chi connectivity index (χ0) is 20.6. The zero-order valence-corrected chi connectivity index (χ0v) is 16.3. The van der Waals surface area contributed by atoms with E-state index in [9.17, 15) is 9.18 Å². The third kappa shape index (κ3) is 26.2. The molecule has 1 aromatic rings. The molecule has 0 saturated carbocycles. The summed E-state index contributed by atoms with van der Waals surface area (Å²) in [6, 6.07) is 10.0. The molecular formula is C23H33FO2. The molecule has 0 fully saturated rings. The average molecular weight is 361 g/mol. The van der Waals surface area contributed by atoms with Gasteiger partial charge in [-0.3, -0.25) is 0 Å². The van der Waals surface area contributed by atoms with Gasteiger partial charge in [-0.15, -0.1) is 19.7 Å². The van der Waals surface area contributed by atoms with Crippen LogP contribution in [0.5, 0.6) is 0 Å². The van der Waals surface area contributed by atoms with Gasteiger partial charge in [0.25, 0.3) is 0 Å². The van der Waals surface area contributed by atoms with E-state index in [-0.39, 0.29) is 0 Å². The standard InChI is InChI=1S/C8H8.C8H14.C4H5FO2.C3H6/c1-2-8-6-4-3-5-7-8;1-3-5-7-8-6-4-2;1-3(5)4(6)7-2;1-3-2/h2-7H,1H2;3-4H,1-2,5-8H2;1H2,2H3;3H,1H2,2H3. The van der Waals surface area contributed by atoms with E-state index in [1.807, 2.05) is 55.5 Å². The van der Waals surface area contributed by atoms with Crippen LogP contribution in [0.25, 0.3) is 6.08 Å². The predicted molar refractivity (Wildman–Crippen MR) is 114 cm³/mol. The molecule has 0 radical (unpaired) electrons. The molecule has 26 heavy (non-hydrogen) atoms. The summed E-state index contributed by atoms with van der Waals surface area (Å²) in [7, 11) is 1.09. The van der Waals surface area contributed by atoms with Gasteiger partial charge in [0.2, 0.25) is 5.83 Å². The van der Waals surface area contributed by atoms with E-state index in [4.69, 9.17) is 0 Å². The van der Waals surface area contributed by atoms with Gasteiger partial charge in [-0.1, -0.05) is 67.8 Å². The molecule has 0 aliphatic carbocycles. The largest absolute Gasteiger partial charge is 0.464 e. The summed E-state index contributed by atoms with van der Waals surface area (Å²) in [6.07, 6.45) is 12.3. The summed E-state index contributed by atoms with van der Waals surface area (Å²) in [5.41, 5.74) is 1.17. The fourth-order valence-corrected chi connectivity index (χ4v) is 1.28. The molecule has 0 amide bonds. The molecular weight excluding hydrogens is 327 g/mol. The Morgan fingerprint density at radius 1 is 1.04 bits per heavy atom. The summed E-state index contributed by atoms with van der Waals surface area (Å²) >= 11 is 0.